The molecule has 0 saturated carbocycles. The number of benzene rings is 3. The van der Waals surface area contributed by atoms with Gasteiger partial charge in [-0.25, -0.2) is 0 Å². The Labute approximate surface area is 192 Å². The van der Waals surface area contributed by atoms with Crippen molar-refractivity contribution < 1.29 is 18.9 Å². The first kappa shape index (κ1) is 22.3. The van der Waals surface area contributed by atoms with Crippen molar-refractivity contribution in [2.45, 2.75) is 26.7 Å². The average Bonchev–Trinajstić information content (AvgIpc) is 2.87. The first-order valence-corrected chi connectivity index (χ1v) is 10.8. The monoisotopic (exact) mass is 445 g/mol. The highest BCUT2D eigenvalue weighted by Gasteiger charge is 2.13. The van der Waals surface area contributed by atoms with Gasteiger partial charge in [-0.2, -0.15) is 0 Å². The van der Waals surface area contributed by atoms with E-state index in [0.29, 0.717) is 30.1 Å². The van der Waals surface area contributed by atoms with Gasteiger partial charge in [-0.15, -0.1) is 0 Å². The zero-order valence-electron chi connectivity index (χ0n) is 19.0. The van der Waals surface area contributed by atoms with Crippen molar-refractivity contribution in [1.29, 1.82) is 0 Å². The van der Waals surface area contributed by atoms with Crippen LogP contribution in [0, 0.1) is 0 Å². The maximum atomic E-state index is 12.6. The van der Waals surface area contributed by atoms with Crippen LogP contribution >= 0.6 is 0 Å². The lowest BCUT2D eigenvalue weighted by atomic mass is 10.1. The van der Waals surface area contributed by atoms with Gasteiger partial charge < -0.3 is 23.5 Å². The van der Waals surface area contributed by atoms with Gasteiger partial charge in [-0.1, -0.05) is 24.3 Å². The molecule has 33 heavy (non-hydrogen) atoms. The molecule has 4 aromatic rings. The summed E-state index contributed by atoms with van der Waals surface area (Å²) >= 11 is 0. The Balaban J connectivity index is 1.65. The van der Waals surface area contributed by atoms with Crippen molar-refractivity contribution in [2.75, 3.05) is 14.2 Å². The fourth-order valence-electron chi connectivity index (χ4n) is 3.58. The highest BCUT2D eigenvalue weighted by molar-refractivity contribution is 5.83. The Bertz CT molecular complexity index is 1280. The lowest BCUT2D eigenvalue weighted by Crippen LogP contribution is -2.09. The van der Waals surface area contributed by atoms with Gasteiger partial charge in [0.05, 0.1) is 19.7 Å². The van der Waals surface area contributed by atoms with Crippen LogP contribution in [-0.2, 0) is 19.8 Å². The Morgan fingerprint density at radius 3 is 1.73 bits per heavy atom. The van der Waals surface area contributed by atoms with Crippen molar-refractivity contribution in [2.24, 2.45) is 0 Å². The fourth-order valence-corrected chi connectivity index (χ4v) is 3.58. The number of aromatic nitrogens is 1. The second kappa shape index (κ2) is 10.1. The molecule has 0 radical (unpaired) electrons. The van der Waals surface area contributed by atoms with E-state index in [1.165, 1.54) is 0 Å². The third-order valence-electron chi connectivity index (χ3n) is 5.49. The summed E-state index contributed by atoms with van der Waals surface area (Å²) in [6.45, 7) is 3.47. The number of hydrogen-bond acceptors (Lipinski definition) is 5. The maximum Gasteiger partial charge on any atom is 0.189 e. The second-order valence-corrected chi connectivity index (χ2v) is 7.56. The fraction of sp³-hybridized carbons (Fsp3) is 0.222. The van der Waals surface area contributed by atoms with Crippen LogP contribution in [0.15, 0.2) is 77.7 Å². The molecule has 0 bridgehead atoms. The van der Waals surface area contributed by atoms with Gasteiger partial charge in [-0.05, 0) is 48.4 Å². The molecule has 1 heterocycles. The van der Waals surface area contributed by atoms with Crippen LogP contribution in [-0.4, -0.2) is 18.8 Å². The zero-order chi connectivity index (χ0) is 23.2. The summed E-state index contributed by atoms with van der Waals surface area (Å²) in [6.07, 6.45) is 1.80. The second-order valence-electron chi connectivity index (χ2n) is 7.56. The number of aryl methyl sites for hydroxylation is 1. The molecule has 0 unspecified atom stereocenters. The molecule has 1 aromatic heterocycles. The minimum Gasteiger partial charge on any atom is -0.497 e. The summed E-state index contributed by atoms with van der Waals surface area (Å²) in [5.74, 6) is 2.69. The van der Waals surface area contributed by atoms with Crippen LogP contribution in [0.1, 0.15) is 18.1 Å². The Kier molecular flexibility index (Phi) is 6.83. The summed E-state index contributed by atoms with van der Waals surface area (Å²) in [6, 6.07) is 20.6. The topological polar surface area (TPSA) is 58.9 Å². The van der Waals surface area contributed by atoms with Gasteiger partial charge in [-0.3, -0.25) is 4.79 Å². The van der Waals surface area contributed by atoms with Crippen molar-refractivity contribution >= 4 is 10.9 Å². The highest BCUT2D eigenvalue weighted by atomic mass is 16.5. The molecule has 0 aliphatic rings. The predicted octanol–water partition coefficient (Wildman–Crippen LogP) is 5.20. The lowest BCUT2D eigenvalue weighted by molar-refractivity contribution is 0.256. The van der Waals surface area contributed by atoms with Gasteiger partial charge in [0.2, 0.25) is 0 Å². The van der Waals surface area contributed by atoms with Crippen LogP contribution in [0.5, 0.6) is 23.0 Å². The highest BCUT2D eigenvalue weighted by Crippen LogP contribution is 2.33. The van der Waals surface area contributed by atoms with Crippen LogP contribution < -0.4 is 24.4 Å². The molecule has 0 atom stereocenters. The molecular formula is C27H27NO5. The third-order valence-corrected chi connectivity index (χ3v) is 5.49. The number of rotatable bonds is 9. The van der Waals surface area contributed by atoms with E-state index < -0.39 is 0 Å². The molecule has 0 amide bonds. The summed E-state index contributed by atoms with van der Waals surface area (Å²) in [4.78, 5) is 12.6. The average molecular weight is 446 g/mol. The molecule has 0 fully saturated rings. The number of fused-ring (bicyclic) bond motifs is 1. The van der Waals surface area contributed by atoms with Crippen LogP contribution in [0.4, 0.5) is 0 Å². The van der Waals surface area contributed by atoms with E-state index in [4.69, 9.17) is 18.9 Å². The van der Waals surface area contributed by atoms with E-state index in [9.17, 15) is 4.79 Å². The summed E-state index contributed by atoms with van der Waals surface area (Å²) in [5.41, 5.74) is 2.74. The molecule has 170 valence electrons. The third kappa shape index (κ3) is 5.12. The van der Waals surface area contributed by atoms with Crippen molar-refractivity contribution in [3.8, 4) is 23.0 Å². The standard InChI is InChI=1S/C27H27NO5/c1-4-28-14-13-25(29)23-15-26(32-17-19-5-9-21(30-2)10-6-19)27(16-24(23)28)33-18-20-7-11-22(31-3)12-8-20/h5-16H,4,17-18H2,1-3H3. The van der Waals surface area contributed by atoms with E-state index >= 15 is 0 Å². The Morgan fingerprint density at radius 1 is 0.727 bits per heavy atom. The largest absolute Gasteiger partial charge is 0.497 e. The molecule has 0 aliphatic carbocycles. The van der Waals surface area contributed by atoms with Crippen molar-refractivity contribution in [1.82, 2.24) is 4.57 Å². The van der Waals surface area contributed by atoms with Gasteiger partial charge in [0.15, 0.2) is 16.9 Å². The van der Waals surface area contributed by atoms with Gasteiger partial charge >= 0.3 is 0 Å². The van der Waals surface area contributed by atoms with Gasteiger partial charge in [0.1, 0.15) is 24.7 Å². The SMILES string of the molecule is CCn1ccc(=O)c2cc(OCc3ccc(OC)cc3)c(OCc3ccc(OC)cc3)cc21. The minimum absolute atomic E-state index is 0.0503. The number of ether oxygens (including phenoxy) is 4. The van der Waals surface area contributed by atoms with Crippen LogP contribution in [0.2, 0.25) is 0 Å². The van der Waals surface area contributed by atoms with Crippen LogP contribution in [0.3, 0.4) is 0 Å². The minimum atomic E-state index is -0.0503. The molecule has 6 nitrogen and oxygen atoms in total. The molecule has 0 spiro atoms. The van der Waals surface area contributed by atoms with E-state index in [2.05, 4.69) is 0 Å². The van der Waals surface area contributed by atoms with Gasteiger partial charge in [0, 0.05) is 30.3 Å². The molecule has 0 saturated heterocycles. The number of methoxy groups -OCH3 is 2. The molecule has 0 N–H and O–H groups in total. The summed E-state index contributed by atoms with van der Waals surface area (Å²) in [5, 5.41) is 0.598. The van der Waals surface area contributed by atoms with Crippen molar-refractivity contribution in [3.63, 3.8) is 0 Å². The van der Waals surface area contributed by atoms with E-state index in [-0.39, 0.29) is 5.43 Å². The van der Waals surface area contributed by atoms with E-state index in [1.807, 2.05) is 66.1 Å². The normalized spacial score (nSPS) is 10.8. The molecule has 0 aliphatic heterocycles. The zero-order valence-corrected chi connectivity index (χ0v) is 19.0. The lowest BCUT2D eigenvalue weighted by Gasteiger charge is -2.16. The smallest absolute Gasteiger partial charge is 0.189 e. The molecular weight excluding hydrogens is 418 g/mol. The number of pyridine rings is 1. The van der Waals surface area contributed by atoms with Crippen LogP contribution in [0.25, 0.3) is 10.9 Å². The summed E-state index contributed by atoms with van der Waals surface area (Å²) in [7, 11) is 3.27. The van der Waals surface area contributed by atoms with E-state index in [1.54, 1.807) is 32.5 Å². The first-order chi connectivity index (χ1) is 16.1. The number of hydrogen-bond donors (Lipinski definition) is 0. The Hall–Kier alpha value is -3.93. The quantitative estimate of drug-likeness (QED) is 0.355. The molecule has 6 heteroatoms. The molecule has 4 rings (SSSR count). The predicted molar refractivity (Wildman–Crippen MR) is 129 cm³/mol. The van der Waals surface area contributed by atoms with Crippen molar-refractivity contribution in [3.05, 3.63) is 94.3 Å². The maximum absolute atomic E-state index is 12.6. The van der Waals surface area contributed by atoms with Gasteiger partial charge in [0.25, 0.3) is 0 Å². The first-order valence-electron chi connectivity index (χ1n) is 10.8. The van der Waals surface area contributed by atoms with E-state index in [0.717, 1.165) is 34.7 Å². The Morgan fingerprint density at radius 2 is 1.24 bits per heavy atom. The summed E-state index contributed by atoms with van der Waals surface area (Å²) < 4.78 is 24.8. The number of nitrogens with zero attached hydrogens (tertiary/aromatic N) is 1. The molecule has 3 aromatic carbocycles.